The average Bonchev–Trinajstić information content (AvgIpc) is 3.58. The number of rotatable bonds is 5. The number of amides is 2. The van der Waals surface area contributed by atoms with Gasteiger partial charge < -0.3 is 29.2 Å². The highest BCUT2D eigenvalue weighted by atomic mass is 16.7. The maximum Gasteiger partial charge on any atom is 0.494 e. The van der Waals surface area contributed by atoms with Crippen molar-refractivity contribution < 1.29 is 23.6 Å². The summed E-state index contributed by atoms with van der Waals surface area (Å²) in [6, 6.07) is 9.74. The Labute approximate surface area is 229 Å². The Balaban J connectivity index is 1.50. The summed E-state index contributed by atoms with van der Waals surface area (Å²) < 4.78 is 20.7. The van der Waals surface area contributed by atoms with Crippen LogP contribution in [0.1, 0.15) is 75.1 Å². The molecule has 1 aromatic heterocycles. The fourth-order valence-electron chi connectivity index (χ4n) is 5.97. The zero-order valence-electron chi connectivity index (χ0n) is 23.7. The SMILES string of the molecule is CC1CN(C(=O)c2ccc3c4cc(B5OC(C)(C)C(C)(C)O5)cc(C(N)=O)c4n(CC4CC4)c3c2)CC(C)O1. The molecule has 8 nitrogen and oxygen atoms in total. The van der Waals surface area contributed by atoms with Gasteiger partial charge in [-0.05, 0) is 84.0 Å². The minimum Gasteiger partial charge on any atom is -0.399 e. The number of carbonyl (C=O) groups is 2. The second kappa shape index (κ2) is 9.08. The maximum absolute atomic E-state index is 13.6. The summed E-state index contributed by atoms with van der Waals surface area (Å²) in [5, 5.41) is 1.89. The average molecular weight is 531 g/mol. The topological polar surface area (TPSA) is 96.0 Å². The first-order valence-electron chi connectivity index (χ1n) is 14.0. The molecular weight excluding hydrogens is 493 g/mol. The van der Waals surface area contributed by atoms with Crippen LogP contribution in [-0.4, -0.2) is 64.9 Å². The number of nitrogens with two attached hydrogens (primary N) is 1. The van der Waals surface area contributed by atoms with Gasteiger partial charge in [0.2, 0.25) is 0 Å². The van der Waals surface area contributed by atoms with E-state index in [1.54, 1.807) is 0 Å². The number of benzene rings is 2. The van der Waals surface area contributed by atoms with Gasteiger partial charge >= 0.3 is 7.12 Å². The standard InChI is InChI=1S/C30H38BN3O5/c1-17-14-33(15-18(2)37-17)28(36)20-9-10-22-23-12-21(31-38-29(3,4)30(5,6)39-31)13-24(27(32)35)26(23)34(25(22)11-20)16-19-7-8-19/h9-13,17-19H,7-8,14-16H2,1-6H3,(H2,32,35). The molecule has 2 atom stereocenters. The Hall–Kier alpha value is -2.88. The molecule has 2 unspecified atom stereocenters. The molecule has 0 radical (unpaired) electrons. The second-order valence-corrected chi connectivity index (χ2v) is 12.7. The first kappa shape index (κ1) is 26.4. The number of primary amides is 1. The highest BCUT2D eigenvalue weighted by molar-refractivity contribution is 6.62. The van der Waals surface area contributed by atoms with Crippen molar-refractivity contribution in [3.8, 4) is 0 Å². The maximum atomic E-state index is 13.6. The van der Waals surface area contributed by atoms with Crippen LogP contribution in [-0.2, 0) is 20.6 Å². The van der Waals surface area contributed by atoms with Gasteiger partial charge in [-0.15, -0.1) is 0 Å². The Kier molecular flexibility index (Phi) is 6.13. The zero-order chi connectivity index (χ0) is 27.9. The number of hydrogen-bond donors (Lipinski definition) is 1. The van der Waals surface area contributed by atoms with E-state index in [4.69, 9.17) is 19.8 Å². The van der Waals surface area contributed by atoms with Crippen molar-refractivity contribution >= 4 is 46.2 Å². The summed E-state index contributed by atoms with van der Waals surface area (Å²) in [6.07, 6.45) is 2.30. The van der Waals surface area contributed by atoms with Gasteiger partial charge in [-0.25, -0.2) is 0 Å². The van der Waals surface area contributed by atoms with Gasteiger partial charge in [-0.2, -0.15) is 0 Å². The van der Waals surface area contributed by atoms with Gasteiger partial charge in [0, 0.05) is 41.5 Å². The Morgan fingerprint density at radius 1 is 0.974 bits per heavy atom. The molecule has 2 amide bonds. The second-order valence-electron chi connectivity index (χ2n) is 12.7. The minimum absolute atomic E-state index is 0.00448. The van der Waals surface area contributed by atoms with Gasteiger partial charge in [-0.1, -0.05) is 12.1 Å². The van der Waals surface area contributed by atoms with Crippen molar-refractivity contribution in [2.45, 2.75) is 84.3 Å². The number of nitrogens with zero attached hydrogens (tertiary/aromatic N) is 2. The fraction of sp³-hybridized carbons (Fsp3) is 0.533. The van der Waals surface area contributed by atoms with Crippen molar-refractivity contribution in [1.29, 1.82) is 0 Å². The summed E-state index contributed by atoms with van der Waals surface area (Å²) in [7, 11) is -0.620. The number of aromatic nitrogens is 1. The molecule has 2 saturated heterocycles. The highest BCUT2D eigenvalue weighted by Crippen LogP contribution is 2.39. The molecule has 2 N–H and O–H groups in total. The van der Waals surface area contributed by atoms with Crippen LogP contribution in [0.5, 0.6) is 0 Å². The normalized spacial score (nSPS) is 24.6. The van der Waals surface area contributed by atoms with Gasteiger partial charge in [0.25, 0.3) is 11.8 Å². The van der Waals surface area contributed by atoms with Crippen molar-refractivity contribution in [2.75, 3.05) is 13.1 Å². The predicted octanol–water partition coefficient (Wildman–Crippen LogP) is 3.85. The van der Waals surface area contributed by atoms with Gasteiger partial charge in [0.15, 0.2) is 0 Å². The van der Waals surface area contributed by atoms with E-state index in [0.29, 0.717) is 30.1 Å². The van der Waals surface area contributed by atoms with Crippen LogP contribution >= 0.6 is 0 Å². The van der Waals surface area contributed by atoms with E-state index in [-0.39, 0.29) is 18.1 Å². The van der Waals surface area contributed by atoms with Crippen LogP contribution < -0.4 is 11.2 Å². The molecular formula is C30H38BN3O5. The quantitative estimate of drug-likeness (QED) is 0.505. The van der Waals surface area contributed by atoms with E-state index >= 15 is 0 Å². The monoisotopic (exact) mass is 531 g/mol. The van der Waals surface area contributed by atoms with Crippen LogP contribution in [0.15, 0.2) is 30.3 Å². The number of fused-ring (bicyclic) bond motifs is 3. The van der Waals surface area contributed by atoms with Gasteiger partial charge in [0.1, 0.15) is 0 Å². The molecule has 206 valence electrons. The van der Waals surface area contributed by atoms with E-state index in [1.165, 1.54) is 0 Å². The Morgan fingerprint density at radius 3 is 2.21 bits per heavy atom. The number of morpholine rings is 1. The summed E-state index contributed by atoms with van der Waals surface area (Å²) in [6.45, 7) is 13.9. The third-order valence-electron chi connectivity index (χ3n) is 8.86. The molecule has 0 spiro atoms. The summed E-state index contributed by atoms with van der Waals surface area (Å²) in [5.74, 6) is 0.0496. The first-order chi connectivity index (χ1) is 18.3. The number of hydrogen-bond acceptors (Lipinski definition) is 5. The van der Waals surface area contributed by atoms with E-state index in [1.807, 2.05) is 70.7 Å². The van der Waals surface area contributed by atoms with Gasteiger partial charge in [0.05, 0.1) is 34.5 Å². The van der Waals surface area contributed by atoms with E-state index in [2.05, 4.69) is 10.6 Å². The van der Waals surface area contributed by atoms with Gasteiger partial charge in [-0.3, -0.25) is 9.59 Å². The molecule has 39 heavy (non-hydrogen) atoms. The molecule has 3 heterocycles. The highest BCUT2D eigenvalue weighted by Gasteiger charge is 2.52. The molecule has 6 rings (SSSR count). The van der Waals surface area contributed by atoms with Crippen molar-refractivity contribution in [1.82, 2.24) is 9.47 Å². The number of carbonyl (C=O) groups excluding carboxylic acids is 2. The summed E-state index contributed by atoms with van der Waals surface area (Å²) in [5.41, 5.74) is 8.55. The first-order valence-corrected chi connectivity index (χ1v) is 14.0. The molecule has 2 aliphatic heterocycles. The van der Waals surface area contributed by atoms with Crippen LogP contribution in [0.2, 0.25) is 0 Å². The minimum atomic E-state index is -0.620. The van der Waals surface area contributed by atoms with E-state index < -0.39 is 24.2 Å². The molecule has 3 fully saturated rings. The lowest BCUT2D eigenvalue weighted by Gasteiger charge is -2.35. The number of ether oxygens (including phenoxy) is 1. The Morgan fingerprint density at radius 2 is 1.62 bits per heavy atom. The molecule has 1 aliphatic carbocycles. The smallest absolute Gasteiger partial charge is 0.399 e. The third-order valence-corrected chi connectivity index (χ3v) is 8.86. The van der Waals surface area contributed by atoms with Crippen LogP contribution in [0.4, 0.5) is 0 Å². The third kappa shape index (κ3) is 4.54. The predicted molar refractivity (Wildman–Crippen MR) is 152 cm³/mol. The summed E-state index contributed by atoms with van der Waals surface area (Å²) in [4.78, 5) is 28.3. The fourth-order valence-corrected chi connectivity index (χ4v) is 5.97. The van der Waals surface area contributed by atoms with Crippen molar-refractivity contribution in [3.05, 3.63) is 41.5 Å². The molecule has 3 aliphatic rings. The summed E-state index contributed by atoms with van der Waals surface area (Å²) >= 11 is 0. The van der Waals surface area contributed by atoms with Crippen LogP contribution in [0, 0.1) is 5.92 Å². The lowest BCUT2D eigenvalue weighted by atomic mass is 9.77. The van der Waals surface area contributed by atoms with Crippen LogP contribution in [0.3, 0.4) is 0 Å². The van der Waals surface area contributed by atoms with Crippen molar-refractivity contribution in [3.63, 3.8) is 0 Å². The molecule has 2 aromatic carbocycles. The molecule has 0 bridgehead atoms. The Bertz CT molecular complexity index is 1470. The zero-order valence-corrected chi connectivity index (χ0v) is 23.7. The molecule has 9 heteroatoms. The van der Waals surface area contributed by atoms with E-state index in [0.717, 1.165) is 46.7 Å². The largest absolute Gasteiger partial charge is 0.494 e. The lowest BCUT2D eigenvalue weighted by molar-refractivity contribution is -0.0586. The van der Waals surface area contributed by atoms with Crippen molar-refractivity contribution in [2.24, 2.45) is 11.7 Å². The molecule has 3 aromatic rings. The van der Waals surface area contributed by atoms with E-state index in [9.17, 15) is 9.59 Å². The lowest BCUT2D eigenvalue weighted by Crippen LogP contribution is -2.48. The van der Waals surface area contributed by atoms with Crippen LogP contribution in [0.25, 0.3) is 21.8 Å². The molecule has 1 saturated carbocycles.